The van der Waals surface area contributed by atoms with E-state index < -0.39 is 17.3 Å². The Labute approximate surface area is 127 Å². The second-order valence-electron chi connectivity index (χ2n) is 6.02. The van der Waals surface area contributed by atoms with E-state index in [1.165, 1.54) is 6.07 Å². The lowest BCUT2D eigenvalue weighted by atomic mass is 9.77. The first-order valence-corrected chi connectivity index (χ1v) is 7.69. The largest absolute Gasteiger partial charge is 0.416 e. The van der Waals surface area contributed by atoms with Crippen LogP contribution in [0.5, 0.6) is 0 Å². The van der Waals surface area contributed by atoms with E-state index in [1.54, 1.807) is 0 Å². The van der Waals surface area contributed by atoms with Crippen LogP contribution in [0.2, 0.25) is 0 Å². The van der Waals surface area contributed by atoms with Gasteiger partial charge in [0.05, 0.1) is 16.9 Å². The number of amides is 1. The van der Waals surface area contributed by atoms with Crippen LogP contribution < -0.4 is 10.2 Å². The summed E-state index contributed by atoms with van der Waals surface area (Å²) in [6, 6.07) is 3.54. The minimum Gasteiger partial charge on any atom is -0.356 e. The van der Waals surface area contributed by atoms with Gasteiger partial charge in [0.15, 0.2) is 0 Å². The Bertz CT molecular complexity index is 592. The highest BCUT2D eigenvalue weighted by atomic mass is 19.4. The molecule has 1 aliphatic carbocycles. The molecule has 0 unspecified atom stereocenters. The van der Waals surface area contributed by atoms with Gasteiger partial charge in [0.2, 0.25) is 5.91 Å². The molecule has 2 aliphatic rings. The highest BCUT2D eigenvalue weighted by Gasteiger charge is 2.48. The highest BCUT2D eigenvalue weighted by Crippen LogP contribution is 2.45. The predicted molar refractivity (Wildman–Crippen MR) is 78.9 cm³/mol. The third kappa shape index (κ3) is 2.25. The van der Waals surface area contributed by atoms with E-state index in [1.807, 2.05) is 11.8 Å². The van der Waals surface area contributed by atoms with Crippen molar-refractivity contribution in [2.75, 3.05) is 16.8 Å². The van der Waals surface area contributed by atoms with Crippen molar-refractivity contribution < 1.29 is 18.0 Å². The first kappa shape index (κ1) is 15.2. The van der Waals surface area contributed by atoms with Crippen LogP contribution in [0, 0.1) is 0 Å². The number of likely N-dealkylation sites (N-methyl/N-ethyl adjacent to an activating group) is 1. The Hall–Kier alpha value is -1.72. The minimum absolute atomic E-state index is 0.0821. The summed E-state index contributed by atoms with van der Waals surface area (Å²) in [5, 5.41) is 2.82. The maximum atomic E-state index is 13.0. The van der Waals surface area contributed by atoms with Crippen molar-refractivity contribution in [1.82, 2.24) is 0 Å². The zero-order valence-electron chi connectivity index (χ0n) is 12.5. The van der Waals surface area contributed by atoms with Crippen molar-refractivity contribution in [2.45, 2.75) is 50.7 Å². The summed E-state index contributed by atoms with van der Waals surface area (Å²) in [7, 11) is 0. The summed E-state index contributed by atoms with van der Waals surface area (Å²) >= 11 is 0. The molecule has 1 amide bonds. The zero-order chi connectivity index (χ0) is 16.0. The van der Waals surface area contributed by atoms with Crippen molar-refractivity contribution in [3.8, 4) is 0 Å². The van der Waals surface area contributed by atoms with Gasteiger partial charge in [0.25, 0.3) is 0 Å². The summed E-state index contributed by atoms with van der Waals surface area (Å²) in [5.74, 6) is -0.0821. The molecule has 0 radical (unpaired) electrons. The zero-order valence-corrected chi connectivity index (χ0v) is 12.5. The van der Waals surface area contributed by atoms with E-state index in [0.29, 0.717) is 30.8 Å². The average molecular weight is 312 g/mol. The molecule has 0 atom stereocenters. The van der Waals surface area contributed by atoms with Crippen LogP contribution >= 0.6 is 0 Å². The summed E-state index contributed by atoms with van der Waals surface area (Å²) in [6.45, 7) is 2.40. The third-order valence-electron chi connectivity index (χ3n) is 4.80. The molecule has 0 aromatic heterocycles. The normalized spacial score (nSPS) is 20.7. The smallest absolute Gasteiger partial charge is 0.356 e. The summed E-state index contributed by atoms with van der Waals surface area (Å²) in [4.78, 5) is 14.5. The van der Waals surface area contributed by atoms with Gasteiger partial charge in [-0.25, -0.2) is 0 Å². The lowest BCUT2D eigenvalue weighted by Crippen LogP contribution is -2.60. The Morgan fingerprint density at radius 3 is 2.50 bits per heavy atom. The van der Waals surface area contributed by atoms with Gasteiger partial charge >= 0.3 is 6.18 Å². The van der Waals surface area contributed by atoms with Crippen molar-refractivity contribution in [3.05, 3.63) is 23.8 Å². The molecule has 3 nitrogen and oxygen atoms in total. The summed E-state index contributed by atoms with van der Waals surface area (Å²) in [6.07, 6.45) is -0.0567. The van der Waals surface area contributed by atoms with Gasteiger partial charge in [-0.1, -0.05) is 19.3 Å². The number of hydrogen-bond acceptors (Lipinski definition) is 2. The third-order valence-corrected chi connectivity index (χ3v) is 4.80. The standard InChI is InChI=1S/C16H19F3N2O/c1-2-21-13-10-11(16(17,18)19)6-7-12(13)20-14(22)15(21)8-4-3-5-9-15/h6-7,10H,2-5,8-9H2,1H3,(H,20,22). The first-order valence-electron chi connectivity index (χ1n) is 7.69. The number of carbonyl (C=O) groups is 1. The number of alkyl halides is 3. The molecule has 1 aromatic rings. The molecule has 1 saturated carbocycles. The molecule has 3 rings (SSSR count). The SMILES string of the molecule is CCN1c2cc(C(F)(F)F)ccc2NC(=O)C12CCCCC2. The molecule has 1 fully saturated rings. The van der Waals surface area contributed by atoms with Crippen LogP contribution in [0.4, 0.5) is 24.5 Å². The predicted octanol–water partition coefficient (Wildman–Crippen LogP) is 4.19. The second-order valence-corrected chi connectivity index (χ2v) is 6.02. The summed E-state index contributed by atoms with van der Waals surface area (Å²) in [5.41, 5.74) is -0.411. The molecule has 22 heavy (non-hydrogen) atoms. The minimum atomic E-state index is -4.38. The Kier molecular flexibility index (Phi) is 3.57. The van der Waals surface area contributed by atoms with E-state index in [0.717, 1.165) is 31.4 Å². The molecule has 0 bridgehead atoms. The fraction of sp³-hybridized carbons (Fsp3) is 0.562. The number of fused-ring (bicyclic) bond motifs is 1. The van der Waals surface area contributed by atoms with Crippen LogP contribution in [0.3, 0.4) is 0 Å². The molecule has 120 valence electrons. The molecule has 1 aliphatic heterocycles. The molecule has 6 heteroatoms. The highest BCUT2D eigenvalue weighted by molar-refractivity contribution is 6.06. The van der Waals surface area contributed by atoms with Crippen molar-refractivity contribution in [2.24, 2.45) is 0 Å². The molecule has 1 N–H and O–H groups in total. The number of carbonyl (C=O) groups excluding carboxylic acids is 1. The van der Waals surface area contributed by atoms with Gasteiger partial charge in [-0.3, -0.25) is 4.79 Å². The molecule has 1 heterocycles. The van der Waals surface area contributed by atoms with Crippen molar-refractivity contribution >= 4 is 17.3 Å². The Balaban J connectivity index is 2.10. The van der Waals surface area contributed by atoms with E-state index in [-0.39, 0.29) is 5.91 Å². The average Bonchev–Trinajstić information content (AvgIpc) is 2.48. The van der Waals surface area contributed by atoms with Crippen LogP contribution in [-0.4, -0.2) is 18.0 Å². The lowest BCUT2D eigenvalue weighted by molar-refractivity contribution is -0.137. The van der Waals surface area contributed by atoms with E-state index in [4.69, 9.17) is 0 Å². The molecular weight excluding hydrogens is 293 g/mol. The Morgan fingerprint density at radius 1 is 1.23 bits per heavy atom. The van der Waals surface area contributed by atoms with Gasteiger partial charge in [0, 0.05) is 6.54 Å². The van der Waals surface area contributed by atoms with Gasteiger partial charge in [-0.05, 0) is 38.0 Å². The number of nitrogens with zero attached hydrogens (tertiary/aromatic N) is 1. The fourth-order valence-corrected chi connectivity index (χ4v) is 3.74. The number of halogens is 3. The van der Waals surface area contributed by atoms with Gasteiger partial charge in [0.1, 0.15) is 5.54 Å². The number of rotatable bonds is 1. The van der Waals surface area contributed by atoms with Crippen LogP contribution in [0.15, 0.2) is 18.2 Å². The van der Waals surface area contributed by atoms with Crippen LogP contribution in [0.1, 0.15) is 44.6 Å². The van der Waals surface area contributed by atoms with E-state index >= 15 is 0 Å². The van der Waals surface area contributed by atoms with Crippen molar-refractivity contribution in [3.63, 3.8) is 0 Å². The van der Waals surface area contributed by atoms with E-state index in [9.17, 15) is 18.0 Å². The number of benzene rings is 1. The maximum absolute atomic E-state index is 13.0. The van der Waals surface area contributed by atoms with Gasteiger partial charge in [-0.15, -0.1) is 0 Å². The van der Waals surface area contributed by atoms with Gasteiger partial charge < -0.3 is 10.2 Å². The maximum Gasteiger partial charge on any atom is 0.416 e. The number of nitrogens with one attached hydrogen (secondary N) is 1. The summed E-state index contributed by atoms with van der Waals surface area (Å²) < 4.78 is 39.0. The van der Waals surface area contributed by atoms with Gasteiger partial charge in [-0.2, -0.15) is 13.2 Å². The molecular formula is C16H19F3N2O. The Morgan fingerprint density at radius 2 is 1.91 bits per heavy atom. The molecule has 0 saturated heterocycles. The van der Waals surface area contributed by atoms with E-state index in [2.05, 4.69) is 5.32 Å². The second kappa shape index (κ2) is 5.18. The fourth-order valence-electron chi connectivity index (χ4n) is 3.74. The molecule has 1 spiro atoms. The topological polar surface area (TPSA) is 32.3 Å². The number of hydrogen-bond donors (Lipinski definition) is 1. The lowest BCUT2D eigenvalue weighted by Gasteiger charge is -2.49. The first-order chi connectivity index (χ1) is 10.4. The van der Waals surface area contributed by atoms with Crippen LogP contribution in [0.25, 0.3) is 0 Å². The molecule has 1 aromatic carbocycles. The van der Waals surface area contributed by atoms with Crippen molar-refractivity contribution in [1.29, 1.82) is 0 Å². The number of anilines is 2. The quantitative estimate of drug-likeness (QED) is 0.843. The van der Waals surface area contributed by atoms with Crippen LogP contribution in [-0.2, 0) is 11.0 Å². The monoisotopic (exact) mass is 312 g/mol.